The number of nitrogens with zero attached hydrogens (tertiary/aromatic N) is 4. The van der Waals surface area contributed by atoms with Crippen LogP contribution in [0, 0.1) is 0 Å². The van der Waals surface area contributed by atoms with Crippen molar-refractivity contribution in [3.63, 3.8) is 0 Å². The molecule has 0 radical (unpaired) electrons. The summed E-state index contributed by atoms with van der Waals surface area (Å²) >= 11 is 0. The smallest absolute Gasteiger partial charge is 0.224 e. The van der Waals surface area contributed by atoms with Gasteiger partial charge in [-0.2, -0.15) is 9.40 Å². The number of hydrogen-bond donors (Lipinski definition) is 0. The number of fused-ring (bicyclic) bond motifs is 1. The van der Waals surface area contributed by atoms with Gasteiger partial charge < -0.3 is 4.90 Å². The van der Waals surface area contributed by atoms with E-state index >= 15 is 0 Å². The number of sulfonamides is 1. The summed E-state index contributed by atoms with van der Waals surface area (Å²) in [6, 6.07) is 7.89. The van der Waals surface area contributed by atoms with Gasteiger partial charge in [-0.1, -0.05) is 18.2 Å². The fourth-order valence-electron chi connectivity index (χ4n) is 2.83. The standard InChI is InChI=1S/C15H20N4O3S/c1-23(21,22)18-10-8-17(9-11-18)15(20)6-7-19-14-5-3-2-4-13(14)12-16-19/h2-5,12H,6-11H2,1H3. The van der Waals surface area contributed by atoms with Gasteiger partial charge >= 0.3 is 0 Å². The number of carbonyl (C=O) groups excluding carboxylic acids is 1. The van der Waals surface area contributed by atoms with Crippen LogP contribution in [-0.4, -0.2) is 65.7 Å². The van der Waals surface area contributed by atoms with E-state index < -0.39 is 10.0 Å². The predicted octanol–water partition coefficient (Wildman–Crippen LogP) is 0.530. The molecule has 1 aromatic heterocycles. The van der Waals surface area contributed by atoms with Gasteiger partial charge in [-0.15, -0.1) is 0 Å². The number of hydrogen-bond acceptors (Lipinski definition) is 4. The largest absolute Gasteiger partial charge is 0.340 e. The van der Waals surface area contributed by atoms with Crippen LogP contribution in [0.15, 0.2) is 30.5 Å². The number of benzene rings is 1. The van der Waals surface area contributed by atoms with Crippen LogP contribution in [0.5, 0.6) is 0 Å². The highest BCUT2D eigenvalue weighted by molar-refractivity contribution is 7.88. The second-order valence-corrected chi connectivity index (χ2v) is 7.70. The van der Waals surface area contributed by atoms with E-state index in [9.17, 15) is 13.2 Å². The average Bonchev–Trinajstić information content (AvgIpc) is 2.95. The number of amides is 1. The molecule has 7 nitrogen and oxygen atoms in total. The third kappa shape index (κ3) is 3.53. The number of aryl methyl sites for hydroxylation is 1. The van der Waals surface area contributed by atoms with Crippen LogP contribution >= 0.6 is 0 Å². The molecule has 0 N–H and O–H groups in total. The molecule has 1 saturated heterocycles. The molecule has 1 aliphatic rings. The molecule has 124 valence electrons. The summed E-state index contributed by atoms with van der Waals surface area (Å²) in [6.07, 6.45) is 3.36. The zero-order chi connectivity index (χ0) is 16.4. The number of aromatic nitrogens is 2. The van der Waals surface area contributed by atoms with Gasteiger partial charge in [-0.25, -0.2) is 8.42 Å². The van der Waals surface area contributed by atoms with E-state index in [1.165, 1.54) is 10.6 Å². The van der Waals surface area contributed by atoms with E-state index in [0.29, 0.717) is 39.1 Å². The van der Waals surface area contributed by atoms with Gasteiger partial charge in [0, 0.05) is 38.0 Å². The first-order chi connectivity index (χ1) is 10.9. The maximum atomic E-state index is 12.3. The highest BCUT2D eigenvalue weighted by atomic mass is 32.2. The van der Waals surface area contributed by atoms with Crippen molar-refractivity contribution in [3.8, 4) is 0 Å². The Morgan fingerprint density at radius 3 is 2.57 bits per heavy atom. The fraction of sp³-hybridized carbons (Fsp3) is 0.467. The number of piperazine rings is 1. The van der Waals surface area contributed by atoms with Gasteiger partial charge in [0.25, 0.3) is 0 Å². The molecule has 1 aliphatic heterocycles. The highest BCUT2D eigenvalue weighted by Gasteiger charge is 2.25. The van der Waals surface area contributed by atoms with E-state index in [-0.39, 0.29) is 5.91 Å². The zero-order valence-electron chi connectivity index (χ0n) is 13.1. The molecular formula is C15H20N4O3S. The van der Waals surface area contributed by atoms with Crippen LogP contribution in [-0.2, 0) is 21.4 Å². The lowest BCUT2D eigenvalue weighted by Gasteiger charge is -2.33. The van der Waals surface area contributed by atoms with E-state index in [1.54, 1.807) is 11.1 Å². The first kappa shape index (κ1) is 15.9. The van der Waals surface area contributed by atoms with Crippen LogP contribution in [0.3, 0.4) is 0 Å². The second-order valence-electron chi connectivity index (χ2n) is 5.72. The molecule has 1 amide bonds. The average molecular weight is 336 g/mol. The van der Waals surface area contributed by atoms with E-state index in [0.717, 1.165) is 10.9 Å². The number of rotatable bonds is 4. The molecular weight excluding hydrogens is 316 g/mol. The summed E-state index contributed by atoms with van der Waals surface area (Å²) in [5.74, 6) is 0.0396. The minimum absolute atomic E-state index is 0.0396. The fourth-order valence-corrected chi connectivity index (χ4v) is 3.66. The number of para-hydroxylation sites is 1. The van der Waals surface area contributed by atoms with Crippen LogP contribution in [0.2, 0.25) is 0 Å². The lowest BCUT2D eigenvalue weighted by molar-refractivity contribution is -0.132. The van der Waals surface area contributed by atoms with Gasteiger partial charge in [-0.05, 0) is 6.07 Å². The molecule has 3 rings (SSSR count). The van der Waals surface area contributed by atoms with Gasteiger partial charge in [0.1, 0.15) is 0 Å². The molecule has 2 heterocycles. The molecule has 0 unspecified atom stereocenters. The molecule has 1 aromatic carbocycles. The van der Waals surface area contributed by atoms with Gasteiger partial charge in [0.05, 0.1) is 24.5 Å². The van der Waals surface area contributed by atoms with Gasteiger partial charge in [0.2, 0.25) is 15.9 Å². The van der Waals surface area contributed by atoms with Crippen LogP contribution in [0.25, 0.3) is 10.9 Å². The predicted molar refractivity (Wildman–Crippen MR) is 87.3 cm³/mol. The van der Waals surface area contributed by atoms with Crippen molar-refractivity contribution in [1.82, 2.24) is 19.0 Å². The molecule has 8 heteroatoms. The van der Waals surface area contributed by atoms with Crippen LogP contribution in [0.1, 0.15) is 6.42 Å². The summed E-state index contributed by atoms with van der Waals surface area (Å²) in [4.78, 5) is 14.0. The van der Waals surface area contributed by atoms with E-state index in [1.807, 2.05) is 28.9 Å². The van der Waals surface area contributed by atoms with Gasteiger partial charge in [0.15, 0.2) is 0 Å². The topological polar surface area (TPSA) is 75.5 Å². The Hall–Kier alpha value is -1.93. The van der Waals surface area contributed by atoms with Crippen molar-refractivity contribution in [1.29, 1.82) is 0 Å². The minimum atomic E-state index is -3.17. The third-order valence-corrected chi connectivity index (χ3v) is 5.45. The molecule has 0 saturated carbocycles. The molecule has 1 fully saturated rings. The Morgan fingerprint density at radius 1 is 1.17 bits per heavy atom. The lowest BCUT2D eigenvalue weighted by atomic mass is 10.2. The summed E-state index contributed by atoms with van der Waals surface area (Å²) in [7, 11) is -3.17. The van der Waals surface area contributed by atoms with Crippen molar-refractivity contribution in [3.05, 3.63) is 30.5 Å². The Kier molecular flexibility index (Phi) is 4.36. The summed E-state index contributed by atoms with van der Waals surface area (Å²) < 4.78 is 26.2. The van der Waals surface area contributed by atoms with E-state index in [4.69, 9.17) is 0 Å². The Morgan fingerprint density at radius 2 is 1.87 bits per heavy atom. The van der Waals surface area contributed by atoms with Crippen LogP contribution < -0.4 is 0 Å². The Bertz CT molecular complexity index is 807. The summed E-state index contributed by atoms with van der Waals surface area (Å²) in [5, 5.41) is 5.37. The summed E-state index contributed by atoms with van der Waals surface area (Å²) in [6.45, 7) is 2.17. The highest BCUT2D eigenvalue weighted by Crippen LogP contribution is 2.14. The van der Waals surface area contributed by atoms with Crippen molar-refractivity contribution < 1.29 is 13.2 Å². The second kappa shape index (κ2) is 6.29. The lowest BCUT2D eigenvalue weighted by Crippen LogP contribution is -2.50. The number of carbonyl (C=O) groups is 1. The van der Waals surface area contributed by atoms with Gasteiger partial charge in [-0.3, -0.25) is 9.48 Å². The third-order valence-electron chi connectivity index (χ3n) is 4.15. The molecule has 2 aromatic rings. The van der Waals surface area contributed by atoms with Crippen LogP contribution in [0.4, 0.5) is 0 Å². The minimum Gasteiger partial charge on any atom is -0.340 e. The molecule has 0 aliphatic carbocycles. The van der Waals surface area contributed by atoms with E-state index in [2.05, 4.69) is 5.10 Å². The Labute approximate surface area is 135 Å². The molecule has 0 atom stereocenters. The maximum absolute atomic E-state index is 12.3. The first-order valence-electron chi connectivity index (χ1n) is 7.58. The van der Waals surface area contributed by atoms with Crippen molar-refractivity contribution >= 4 is 26.8 Å². The molecule has 0 bridgehead atoms. The maximum Gasteiger partial charge on any atom is 0.224 e. The first-order valence-corrected chi connectivity index (χ1v) is 9.43. The quantitative estimate of drug-likeness (QED) is 0.816. The van der Waals surface area contributed by atoms with Crippen molar-refractivity contribution in [2.75, 3.05) is 32.4 Å². The SMILES string of the molecule is CS(=O)(=O)N1CCN(C(=O)CCn2ncc3ccccc32)CC1. The zero-order valence-corrected chi connectivity index (χ0v) is 13.9. The van der Waals surface area contributed by atoms with Crippen molar-refractivity contribution in [2.24, 2.45) is 0 Å². The molecule has 23 heavy (non-hydrogen) atoms. The summed E-state index contributed by atoms with van der Waals surface area (Å²) in [5.41, 5.74) is 1.02. The Balaban J connectivity index is 1.56. The van der Waals surface area contributed by atoms with Crippen molar-refractivity contribution in [2.45, 2.75) is 13.0 Å². The normalized spacial score (nSPS) is 16.8. The monoisotopic (exact) mass is 336 g/mol. The molecule has 0 spiro atoms.